The maximum absolute atomic E-state index is 3.93. The molecule has 0 saturated heterocycles. The zero-order chi connectivity index (χ0) is 10.5. The lowest BCUT2D eigenvalue weighted by atomic mass is 10.2. The van der Waals surface area contributed by atoms with Crippen molar-refractivity contribution in [3.05, 3.63) is 47.8 Å². The van der Waals surface area contributed by atoms with E-state index >= 15 is 0 Å². The molecular formula is C11H12N4. The highest BCUT2D eigenvalue weighted by molar-refractivity contribution is 5.38. The topological polar surface area (TPSA) is 43.6 Å². The van der Waals surface area contributed by atoms with Crippen molar-refractivity contribution in [1.29, 1.82) is 0 Å². The molecule has 4 nitrogen and oxygen atoms in total. The van der Waals surface area contributed by atoms with E-state index in [2.05, 4.69) is 27.7 Å². The summed E-state index contributed by atoms with van der Waals surface area (Å²) < 4.78 is 1.77. The smallest absolute Gasteiger partial charge is 0.174 e. The molecule has 0 bridgehead atoms. The Morgan fingerprint density at radius 2 is 2.07 bits per heavy atom. The van der Waals surface area contributed by atoms with E-state index in [9.17, 15) is 0 Å². The minimum absolute atomic E-state index is 0.702. The normalized spacial score (nSPS) is 11.0. The van der Waals surface area contributed by atoms with Crippen molar-refractivity contribution in [2.75, 3.05) is 0 Å². The summed E-state index contributed by atoms with van der Waals surface area (Å²) in [5, 5.41) is 11.5. The number of benzene rings is 1. The first-order chi connectivity index (χ1) is 7.40. The van der Waals surface area contributed by atoms with E-state index in [1.54, 1.807) is 4.68 Å². The number of aromatic nitrogens is 4. The molecule has 0 fully saturated rings. The monoisotopic (exact) mass is 200 g/mol. The van der Waals surface area contributed by atoms with Crippen LogP contribution in [0.1, 0.15) is 18.3 Å². The molecule has 1 aromatic heterocycles. The molecule has 2 aromatic rings. The maximum Gasteiger partial charge on any atom is 0.174 e. The molecule has 0 aliphatic rings. The molecule has 0 aliphatic carbocycles. The van der Waals surface area contributed by atoms with E-state index in [1.165, 1.54) is 5.56 Å². The molecule has 0 aliphatic heterocycles. The lowest BCUT2D eigenvalue weighted by Crippen LogP contribution is -2.04. The second-order valence-electron chi connectivity index (χ2n) is 3.18. The zero-order valence-electron chi connectivity index (χ0n) is 8.54. The highest BCUT2D eigenvalue weighted by Crippen LogP contribution is 2.03. The second-order valence-corrected chi connectivity index (χ2v) is 3.18. The third kappa shape index (κ3) is 2.28. The molecule has 0 atom stereocenters. The quantitative estimate of drug-likeness (QED) is 0.758. The predicted molar refractivity (Wildman–Crippen MR) is 58.1 cm³/mol. The second kappa shape index (κ2) is 4.50. The Hall–Kier alpha value is -1.97. The van der Waals surface area contributed by atoms with Gasteiger partial charge in [0.15, 0.2) is 5.82 Å². The maximum atomic E-state index is 3.93. The first-order valence-electron chi connectivity index (χ1n) is 4.83. The standard InChI is InChI=1S/C11H12N4/c1-2-6-11-12-13-14-15(11)9-10-7-4-3-5-8-10/h2-8H,9H2,1H3/b6-2+. The van der Waals surface area contributed by atoms with Crippen molar-refractivity contribution in [1.82, 2.24) is 20.2 Å². The highest BCUT2D eigenvalue weighted by atomic mass is 15.5. The lowest BCUT2D eigenvalue weighted by Gasteiger charge is -2.01. The van der Waals surface area contributed by atoms with Gasteiger partial charge >= 0.3 is 0 Å². The van der Waals surface area contributed by atoms with Gasteiger partial charge in [-0.05, 0) is 29.0 Å². The van der Waals surface area contributed by atoms with Crippen LogP contribution in [0.3, 0.4) is 0 Å². The van der Waals surface area contributed by atoms with E-state index < -0.39 is 0 Å². The van der Waals surface area contributed by atoms with Gasteiger partial charge < -0.3 is 0 Å². The fourth-order valence-corrected chi connectivity index (χ4v) is 1.35. The number of hydrogen-bond acceptors (Lipinski definition) is 3. The number of allylic oxidation sites excluding steroid dienone is 1. The fourth-order valence-electron chi connectivity index (χ4n) is 1.35. The Balaban J connectivity index is 2.21. The first kappa shape index (κ1) is 9.58. The summed E-state index contributed by atoms with van der Waals surface area (Å²) in [7, 11) is 0. The van der Waals surface area contributed by atoms with Crippen LogP contribution in [0.25, 0.3) is 6.08 Å². The molecule has 0 unspecified atom stereocenters. The summed E-state index contributed by atoms with van der Waals surface area (Å²) in [6, 6.07) is 10.1. The van der Waals surface area contributed by atoms with Crippen LogP contribution in [-0.2, 0) is 6.54 Å². The molecule has 1 aromatic carbocycles. The molecule has 4 heteroatoms. The van der Waals surface area contributed by atoms with E-state index in [0.29, 0.717) is 6.54 Å². The van der Waals surface area contributed by atoms with Crippen molar-refractivity contribution in [3.63, 3.8) is 0 Å². The van der Waals surface area contributed by atoms with Crippen molar-refractivity contribution < 1.29 is 0 Å². The van der Waals surface area contributed by atoms with Gasteiger partial charge in [-0.3, -0.25) is 0 Å². The van der Waals surface area contributed by atoms with Gasteiger partial charge in [0.25, 0.3) is 0 Å². The van der Waals surface area contributed by atoms with Crippen LogP contribution in [-0.4, -0.2) is 20.2 Å². The van der Waals surface area contributed by atoms with Crippen LogP contribution in [0.4, 0.5) is 0 Å². The predicted octanol–water partition coefficient (Wildman–Crippen LogP) is 1.75. The van der Waals surface area contributed by atoms with Crippen molar-refractivity contribution in [2.24, 2.45) is 0 Å². The largest absolute Gasteiger partial charge is 0.221 e. The van der Waals surface area contributed by atoms with Crippen LogP contribution in [0.5, 0.6) is 0 Å². The van der Waals surface area contributed by atoms with Gasteiger partial charge in [-0.1, -0.05) is 36.4 Å². The number of tetrazole rings is 1. The SMILES string of the molecule is C/C=C/c1nnnn1Cc1ccccc1. The van der Waals surface area contributed by atoms with Crippen LogP contribution in [0, 0.1) is 0 Å². The Bertz CT molecular complexity index is 445. The molecular weight excluding hydrogens is 188 g/mol. The van der Waals surface area contributed by atoms with Crippen molar-refractivity contribution >= 4 is 6.08 Å². The lowest BCUT2D eigenvalue weighted by molar-refractivity contribution is 0.644. The summed E-state index contributed by atoms with van der Waals surface area (Å²) in [4.78, 5) is 0. The van der Waals surface area contributed by atoms with Gasteiger partial charge in [-0.25, -0.2) is 4.68 Å². The van der Waals surface area contributed by atoms with Gasteiger partial charge in [-0.15, -0.1) is 5.10 Å². The third-order valence-corrected chi connectivity index (χ3v) is 2.05. The van der Waals surface area contributed by atoms with Crippen molar-refractivity contribution in [3.8, 4) is 0 Å². The third-order valence-electron chi connectivity index (χ3n) is 2.05. The average Bonchev–Trinajstić information content (AvgIpc) is 2.68. The van der Waals surface area contributed by atoms with Gasteiger partial charge in [-0.2, -0.15) is 0 Å². The van der Waals surface area contributed by atoms with Crippen molar-refractivity contribution in [2.45, 2.75) is 13.5 Å². The Labute approximate surface area is 88.2 Å². The van der Waals surface area contributed by atoms with Gasteiger partial charge in [0.1, 0.15) is 0 Å². The van der Waals surface area contributed by atoms with Crippen LogP contribution < -0.4 is 0 Å². The number of rotatable bonds is 3. The minimum atomic E-state index is 0.702. The summed E-state index contributed by atoms with van der Waals surface area (Å²) >= 11 is 0. The minimum Gasteiger partial charge on any atom is -0.221 e. The molecule has 0 N–H and O–H groups in total. The summed E-state index contributed by atoms with van der Waals surface area (Å²) in [6.07, 6.45) is 3.82. The number of hydrogen-bond donors (Lipinski definition) is 0. The molecule has 0 radical (unpaired) electrons. The van der Waals surface area contributed by atoms with Crippen LogP contribution in [0.15, 0.2) is 36.4 Å². The van der Waals surface area contributed by atoms with E-state index in [-0.39, 0.29) is 0 Å². The zero-order valence-corrected chi connectivity index (χ0v) is 8.54. The molecule has 15 heavy (non-hydrogen) atoms. The van der Waals surface area contributed by atoms with Gasteiger partial charge in [0.05, 0.1) is 6.54 Å². The summed E-state index contributed by atoms with van der Waals surface area (Å²) in [5.74, 6) is 0.779. The first-order valence-corrected chi connectivity index (χ1v) is 4.83. The van der Waals surface area contributed by atoms with E-state index in [1.807, 2.05) is 37.3 Å². The molecule has 0 saturated carbocycles. The Morgan fingerprint density at radius 1 is 1.27 bits per heavy atom. The van der Waals surface area contributed by atoms with Crippen LogP contribution >= 0.6 is 0 Å². The Kier molecular flexibility index (Phi) is 2.88. The summed E-state index contributed by atoms with van der Waals surface area (Å²) in [5.41, 5.74) is 1.19. The number of nitrogens with zero attached hydrogens (tertiary/aromatic N) is 4. The highest BCUT2D eigenvalue weighted by Gasteiger charge is 2.01. The molecule has 0 spiro atoms. The van der Waals surface area contributed by atoms with Gasteiger partial charge in [0, 0.05) is 0 Å². The molecule has 2 rings (SSSR count). The van der Waals surface area contributed by atoms with E-state index in [0.717, 1.165) is 5.82 Å². The Morgan fingerprint density at radius 3 is 2.80 bits per heavy atom. The fraction of sp³-hybridized carbons (Fsp3) is 0.182. The molecule has 1 heterocycles. The van der Waals surface area contributed by atoms with Crippen LogP contribution in [0.2, 0.25) is 0 Å². The molecule has 76 valence electrons. The molecule has 0 amide bonds. The average molecular weight is 200 g/mol. The summed E-state index contributed by atoms with van der Waals surface area (Å²) in [6.45, 7) is 2.65. The van der Waals surface area contributed by atoms with E-state index in [4.69, 9.17) is 0 Å². The van der Waals surface area contributed by atoms with Gasteiger partial charge in [0.2, 0.25) is 0 Å².